The summed E-state index contributed by atoms with van der Waals surface area (Å²) in [6, 6.07) is 0.382. The average molecular weight is 226 g/mol. The molecule has 0 saturated heterocycles. The van der Waals surface area contributed by atoms with Gasteiger partial charge in [0.05, 0.1) is 6.61 Å². The first-order chi connectivity index (χ1) is 7.79. The van der Waals surface area contributed by atoms with Crippen molar-refractivity contribution in [3.8, 4) is 0 Å². The lowest BCUT2D eigenvalue weighted by Gasteiger charge is -2.29. The molecule has 0 fully saturated rings. The zero-order valence-electron chi connectivity index (χ0n) is 10.7. The SMILES string of the molecule is C=CCN(CC=C)C(CNCCC)COC. The molecule has 0 rings (SSSR count). The Hall–Kier alpha value is -0.640. The molecule has 0 aromatic heterocycles. The van der Waals surface area contributed by atoms with Crippen LogP contribution in [0.25, 0.3) is 0 Å². The van der Waals surface area contributed by atoms with Gasteiger partial charge in [0.25, 0.3) is 0 Å². The number of rotatable bonds is 11. The summed E-state index contributed by atoms with van der Waals surface area (Å²) in [6.45, 7) is 14.2. The van der Waals surface area contributed by atoms with Crippen LogP contribution in [-0.4, -0.2) is 50.8 Å². The van der Waals surface area contributed by atoms with Gasteiger partial charge in [-0.15, -0.1) is 13.2 Å². The number of hydrogen-bond donors (Lipinski definition) is 1. The lowest BCUT2D eigenvalue weighted by molar-refractivity contribution is 0.104. The van der Waals surface area contributed by atoms with E-state index >= 15 is 0 Å². The summed E-state index contributed by atoms with van der Waals surface area (Å²) in [5.41, 5.74) is 0. The quantitative estimate of drug-likeness (QED) is 0.428. The zero-order valence-corrected chi connectivity index (χ0v) is 10.7. The minimum Gasteiger partial charge on any atom is -0.383 e. The van der Waals surface area contributed by atoms with Crippen LogP contribution >= 0.6 is 0 Å². The van der Waals surface area contributed by atoms with Gasteiger partial charge in [0.15, 0.2) is 0 Å². The molecule has 0 amide bonds. The fraction of sp³-hybridized carbons (Fsp3) is 0.692. The van der Waals surface area contributed by atoms with Crippen molar-refractivity contribution >= 4 is 0 Å². The Morgan fingerprint density at radius 3 is 2.38 bits per heavy atom. The first-order valence-corrected chi connectivity index (χ1v) is 5.95. The van der Waals surface area contributed by atoms with E-state index in [2.05, 4.69) is 30.3 Å². The van der Waals surface area contributed by atoms with Crippen molar-refractivity contribution < 1.29 is 4.74 Å². The van der Waals surface area contributed by atoms with E-state index in [0.717, 1.165) is 39.2 Å². The predicted octanol–water partition coefficient (Wildman–Crippen LogP) is 1.67. The molecular formula is C13H26N2O. The fourth-order valence-electron chi connectivity index (χ4n) is 1.64. The maximum Gasteiger partial charge on any atom is 0.0630 e. The van der Waals surface area contributed by atoms with Crippen molar-refractivity contribution in [3.05, 3.63) is 25.3 Å². The van der Waals surface area contributed by atoms with Crippen molar-refractivity contribution in [1.82, 2.24) is 10.2 Å². The third kappa shape index (κ3) is 6.77. The van der Waals surface area contributed by atoms with Crippen LogP contribution in [-0.2, 0) is 4.74 Å². The molecule has 1 atom stereocenters. The summed E-state index contributed by atoms with van der Waals surface area (Å²) in [6.07, 6.45) is 5.00. The Morgan fingerprint density at radius 1 is 1.31 bits per heavy atom. The molecule has 0 radical (unpaired) electrons. The topological polar surface area (TPSA) is 24.5 Å². The van der Waals surface area contributed by atoms with Gasteiger partial charge < -0.3 is 10.1 Å². The molecule has 3 heteroatoms. The van der Waals surface area contributed by atoms with Gasteiger partial charge in [-0.2, -0.15) is 0 Å². The molecular weight excluding hydrogens is 200 g/mol. The van der Waals surface area contributed by atoms with Gasteiger partial charge >= 0.3 is 0 Å². The van der Waals surface area contributed by atoms with Crippen LogP contribution in [0.4, 0.5) is 0 Å². The van der Waals surface area contributed by atoms with Crippen LogP contribution in [0.15, 0.2) is 25.3 Å². The highest BCUT2D eigenvalue weighted by Gasteiger charge is 2.15. The molecule has 0 heterocycles. The Labute approximate surface area is 100 Å². The molecule has 0 aliphatic heterocycles. The highest BCUT2D eigenvalue weighted by atomic mass is 16.5. The number of hydrogen-bond acceptors (Lipinski definition) is 3. The summed E-state index contributed by atoms with van der Waals surface area (Å²) in [5, 5.41) is 3.43. The minimum absolute atomic E-state index is 0.382. The third-order valence-electron chi connectivity index (χ3n) is 2.41. The molecule has 1 unspecified atom stereocenters. The summed E-state index contributed by atoms with van der Waals surface area (Å²) in [7, 11) is 1.74. The smallest absolute Gasteiger partial charge is 0.0630 e. The molecule has 0 aliphatic carbocycles. The van der Waals surface area contributed by atoms with Gasteiger partial charge in [0.2, 0.25) is 0 Å². The molecule has 16 heavy (non-hydrogen) atoms. The maximum atomic E-state index is 5.26. The molecule has 0 bridgehead atoms. The van der Waals surface area contributed by atoms with E-state index in [1.165, 1.54) is 0 Å². The lowest BCUT2D eigenvalue weighted by atomic mass is 10.2. The van der Waals surface area contributed by atoms with E-state index in [-0.39, 0.29) is 0 Å². The molecule has 94 valence electrons. The van der Waals surface area contributed by atoms with Crippen LogP contribution in [0.3, 0.4) is 0 Å². The van der Waals surface area contributed by atoms with E-state index < -0.39 is 0 Å². The normalized spacial score (nSPS) is 12.7. The third-order valence-corrected chi connectivity index (χ3v) is 2.41. The Kier molecular flexibility index (Phi) is 10.4. The second kappa shape index (κ2) is 10.9. The van der Waals surface area contributed by atoms with Gasteiger partial charge in [-0.3, -0.25) is 4.90 Å². The number of nitrogens with zero attached hydrogens (tertiary/aromatic N) is 1. The maximum absolute atomic E-state index is 5.26. The second-order valence-corrected chi connectivity index (χ2v) is 3.84. The first-order valence-electron chi connectivity index (χ1n) is 5.95. The van der Waals surface area contributed by atoms with Gasteiger partial charge in [0.1, 0.15) is 0 Å². The van der Waals surface area contributed by atoms with E-state index in [1.807, 2.05) is 12.2 Å². The van der Waals surface area contributed by atoms with Crippen LogP contribution < -0.4 is 5.32 Å². The highest BCUT2D eigenvalue weighted by molar-refractivity contribution is 4.85. The van der Waals surface area contributed by atoms with Crippen LogP contribution in [0, 0.1) is 0 Å². The molecule has 0 aromatic rings. The molecule has 1 N–H and O–H groups in total. The Morgan fingerprint density at radius 2 is 1.94 bits per heavy atom. The first kappa shape index (κ1) is 15.4. The summed E-state index contributed by atoms with van der Waals surface area (Å²) in [5.74, 6) is 0. The van der Waals surface area contributed by atoms with Crippen LogP contribution in [0.1, 0.15) is 13.3 Å². The Balaban J connectivity index is 4.18. The summed E-state index contributed by atoms with van der Waals surface area (Å²) in [4.78, 5) is 2.31. The van der Waals surface area contributed by atoms with E-state index in [0.29, 0.717) is 6.04 Å². The number of ether oxygens (including phenoxy) is 1. The molecule has 0 aromatic carbocycles. The average Bonchev–Trinajstić information content (AvgIpc) is 2.28. The number of nitrogens with one attached hydrogen (secondary N) is 1. The minimum atomic E-state index is 0.382. The van der Waals surface area contributed by atoms with E-state index in [4.69, 9.17) is 4.74 Å². The van der Waals surface area contributed by atoms with Crippen LogP contribution in [0.5, 0.6) is 0 Å². The van der Waals surface area contributed by atoms with Crippen molar-refractivity contribution in [2.75, 3.05) is 39.9 Å². The summed E-state index contributed by atoms with van der Waals surface area (Å²) >= 11 is 0. The van der Waals surface area contributed by atoms with Crippen molar-refractivity contribution in [2.45, 2.75) is 19.4 Å². The summed E-state index contributed by atoms with van der Waals surface area (Å²) < 4.78 is 5.26. The second-order valence-electron chi connectivity index (χ2n) is 3.84. The standard InChI is InChI=1S/C13H26N2O/c1-5-8-14-11-13(12-16-4)15(9-6-2)10-7-3/h6-7,13-14H,2-3,5,8-12H2,1,4H3. The lowest BCUT2D eigenvalue weighted by Crippen LogP contribution is -2.45. The number of methoxy groups -OCH3 is 1. The molecule has 0 aliphatic rings. The predicted molar refractivity (Wildman–Crippen MR) is 70.8 cm³/mol. The highest BCUT2D eigenvalue weighted by Crippen LogP contribution is 2.00. The van der Waals surface area contributed by atoms with Gasteiger partial charge in [0, 0.05) is 32.8 Å². The van der Waals surface area contributed by atoms with Crippen molar-refractivity contribution in [1.29, 1.82) is 0 Å². The largest absolute Gasteiger partial charge is 0.383 e. The van der Waals surface area contributed by atoms with Crippen molar-refractivity contribution in [3.63, 3.8) is 0 Å². The molecule has 3 nitrogen and oxygen atoms in total. The Bertz CT molecular complexity index is 173. The fourth-order valence-corrected chi connectivity index (χ4v) is 1.64. The van der Waals surface area contributed by atoms with Crippen molar-refractivity contribution in [2.24, 2.45) is 0 Å². The van der Waals surface area contributed by atoms with Gasteiger partial charge in [-0.1, -0.05) is 19.1 Å². The molecule has 0 spiro atoms. The molecule has 0 saturated carbocycles. The van der Waals surface area contributed by atoms with Crippen LogP contribution in [0.2, 0.25) is 0 Å². The monoisotopic (exact) mass is 226 g/mol. The zero-order chi connectivity index (χ0) is 12.2. The van der Waals surface area contributed by atoms with E-state index in [1.54, 1.807) is 7.11 Å². The van der Waals surface area contributed by atoms with Gasteiger partial charge in [-0.25, -0.2) is 0 Å². The van der Waals surface area contributed by atoms with Gasteiger partial charge in [-0.05, 0) is 13.0 Å². The van der Waals surface area contributed by atoms with E-state index in [9.17, 15) is 0 Å².